The van der Waals surface area contributed by atoms with Crippen LogP contribution in [0, 0.1) is 5.92 Å². The van der Waals surface area contributed by atoms with Crippen LogP contribution in [-0.2, 0) is 6.18 Å². The normalized spacial score (nSPS) is 24.6. The highest BCUT2D eigenvalue weighted by molar-refractivity contribution is 5.90. The van der Waals surface area contributed by atoms with Gasteiger partial charge in [-0.05, 0) is 56.1 Å². The summed E-state index contributed by atoms with van der Waals surface area (Å²) in [6, 6.07) is 6.08. The molecule has 2 N–H and O–H groups in total. The average Bonchev–Trinajstić information content (AvgIpc) is 3.12. The van der Waals surface area contributed by atoms with E-state index in [2.05, 4.69) is 30.4 Å². The van der Waals surface area contributed by atoms with Crippen LogP contribution >= 0.6 is 0 Å². The van der Waals surface area contributed by atoms with Gasteiger partial charge >= 0.3 is 6.18 Å². The van der Waals surface area contributed by atoms with Gasteiger partial charge in [-0.1, -0.05) is 0 Å². The van der Waals surface area contributed by atoms with Crippen molar-refractivity contribution < 1.29 is 13.2 Å². The van der Waals surface area contributed by atoms with Gasteiger partial charge < -0.3 is 10.2 Å². The van der Waals surface area contributed by atoms with E-state index < -0.39 is 11.7 Å². The number of H-pyrrole nitrogens is 1. The van der Waals surface area contributed by atoms with Gasteiger partial charge in [-0.3, -0.25) is 5.10 Å². The summed E-state index contributed by atoms with van der Waals surface area (Å²) in [5, 5.41) is 10.6. The maximum absolute atomic E-state index is 13.6. The Bertz CT molecular complexity index is 1010. The second kappa shape index (κ2) is 6.44. The summed E-state index contributed by atoms with van der Waals surface area (Å²) in [5.74, 6) is 0.989. The minimum Gasteiger partial charge on any atom is -0.366 e. The van der Waals surface area contributed by atoms with Crippen molar-refractivity contribution in [1.82, 2.24) is 25.1 Å². The van der Waals surface area contributed by atoms with Crippen molar-refractivity contribution in [3.8, 4) is 11.4 Å². The van der Waals surface area contributed by atoms with Gasteiger partial charge in [0.1, 0.15) is 11.5 Å². The summed E-state index contributed by atoms with van der Waals surface area (Å²) >= 11 is 0. The zero-order valence-corrected chi connectivity index (χ0v) is 15.0. The Morgan fingerprint density at radius 3 is 2.68 bits per heavy atom. The smallest absolute Gasteiger partial charge is 0.366 e. The van der Waals surface area contributed by atoms with Crippen LogP contribution in [0.5, 0.6) is 0 Å². The number of halogens is 3. The molecular weight excluding hydrogens is 369 g/mol. The summed E-state index contributed by atoms with van der Waals surface area (Å²) in [6.07, 6.45) is -0.739. The van der Waals surface area contributed by atoms with E-state index in [9.17, 15) is 13.2 Å². The molecule has 1 unspecified atom stereocenters. The summed E-state index contributed by atoms with van der Waals surface area (Å²) < 4.78 is 40.9. The number of nitrogens with zero attached hydrogens (tertiary/aromatic N) is 4. The van der Waals surface area contributed by atoms with Crippen LogP contribution in [0.15, 0.2) is 30.5 Å². The van der Waals surface area contributed by atoms with Gasteiger partial charge in [0.2, 0.25) is 0 Å². The highest BCUT2D eigenvalue weighted by atomic mass is 19.4. The van der Waals surface area contributed by atoms with Crippen LogP contribution in [0.3, 0.4) is 0 Å². The predicted molar refractivity (Wildman–Crippen MR) is 98.7 cm³/mol. The fourth-order valence-corrected chi connectivity index (χ4v) is 4.31. The van der Waals surface area contributed by atoms with Crippen LogP contribution in [0.4, 0.5) is 19.0 Å². The third kappa shape index (κ3) is 2.99. The van der Waals surface area contributed by atoms with Crippen LogP contribution < -0.4 is 5.32 Å². The molecule has 3 saturated heterocycles. The lowest BCUT2D eigenvalue weighted by atomic mass is 9.84. The first-order valence-corrected chi connectivity index (χ1v) is 9.35. The maximum atomic E-state index is 13.6. The number of rotatable bonds is 3. The van der Waals surface area contributed by atoms with Gasteiger partial charge in [-0.25, -0.2) is 9.97 Å². The standard InChI is InChI=1S/C19H19F3N6/c20-19(21,22)13-3-4-15(24-14-10-28-8-5-11(14)6-9-28)25-17(13)16-12-2-1-7-23-18(12)27-26-16/h1-4,7,11,14H,5-6,8-10H2,(H,24,25)(H,23,26,27). The van der Waals surface area contributed by atoms with Gasteiger partial charge in [0.25, 0.3) is 0 Å². The van der Waals surface area contributed by atoms with E-state index in [0.717, 1.165) is 38.5 Å². The van der Waals surface area contributed by atoms with Gasteiger partial charge in [0, 0.05) is 24.2 Å². The van der Waals surface area contributed by atoms with E-state index >= 15 is 0 Å². The predicted octanol–water partition coefficient (Wildman–Crippen LogP) is 3.54. The molecular formula is C19H19F3N6. The van der Waals surface area contributed by atoms with Gasteiger partial charge in [0.05, 0.1) is 11.3 Å². The topological polar surface area (TPSA) is 69.7 Å². The minimum atomic E-state index is -4.52. The fraction of sp³-hybridized carbons (Fsp3) is 0.421. The number of anilines is 1. The lowest BCUT2D eigenvalue weighted by Gasteiger charge is -2.45. The third-order valence-corrected chi connectivity index (χ3v) is 5.76. The molecule has 3 aliphatic rings. The molecule has 146 valence electrons. The van der Waals surface area contributed by atoms with Crippen LogP contribution in [-0.4, -0.2) is 50.7 Å². The molecule has 0 aromatic carbocycles. The number of piperidine rings is 3. The third-order valence-electron chi connectivity index (χ3n) is 5.76. The summed E-state index contributed by atoms with van der Waals surface area (Å²) in [5.41, 5.74) is -0.355. The molecule has 2 bridgehead atoms. The maximum Gasteiger partial charge on any atom is 0.418 e. The van der Waals surface area contributed by atoms with Crippen LogP contribution in [0.1, 0.15) is 18.4 Å². The Labute approximate surface area is 159 Å². The largest absolute Gasteiger partial charge is 0.418 e. The summed E-state index contributed by atoms with van der Waals surface area (Å²) in [6.45, 7) is 3.10. The Hall–Kier alpha value is -2.68. The number of fused-ring (bicyclic) bond motifs is 4. The van der Waals surface area contributed by atoms with E-state index in [4.69, 9.17) is 0 Å². The Kier molecular flexibility index (Phi) is 4.01. The first-order valence-electron chi connectivity index (χ1n) is 9.35. The van der Waals surface area contributed by atoms with Crippen molar-refractivity contribution in [3.63, 3.8) is 0 Å². The molecule has 0 radical (unpaired) electrons. The van der Waals surface area contributed by atoms with E-state index in [1.165, 1.54) is 6.07 Å². The number of aromatic amines is 1. The van der Waals surface area contributed by atoms with Crippen molar-refractivity contribution in [3.05, 3.63) is 36.0 Å². The molecule has 0 saturated carbocycles. The molecule has 6 rings (SSSR count). The van der Waals surface area contributed by atoms with Crippen molar-refractivity contribution in [1.29, 1.82) is 0 Å². The monoisotopic (exact) mass is 388 g/mol. The number of alkyl halides is 3. The molecule has 6 heterocycles. The second-order valence-corrected chi connectivity index (χ2v) is 7.45. The van der Waals surface area contributed by atoms with E-state index in [1.807, 2.05) is 0 Å². The highest BCUT2D eigenvalue weighted by Gasteiger charge is 2.37. The lowest BCUT2D eigenvalue weighted by molar-refractivity contribution is -0.137. The minimum absolute atomic E-state index is 0.158. The van der Waals surface area contributed by atoms with Crippen molar-refractivity contribution in [2.45, 2.75) is 25.1 Å². The van der Waals surface area contributed by atoms with Crippen molar-refractivity contribution in [2.75, 3.05) is 25.0 Å². The Balaban J connectivity index is 1.55. The van der Waals surface area contributed by atoms with E-state index in [1.54, 1.807) is 18.3 Å². The van der Waals surface area contributed by atoms with E-state index in [0.29, 0.717) is 22.8 Å². The number of aromatic nitrogens is 4. The average molecular weight is 388 g/mol. The van der Waals surface area contributed by atoms with E-state index in [-0.39, 0.29) is 17.4 Å². The summed E-state index contributed by atoms with van der Waals surface area (Å²) in [7, 11) is 0. The van der Waals surface area contributed by atoms with Crippen molar-refractivity contribution >= 4 is 16.9 Å². The Morgan fingerprint density at radius 1 is 1.14 bits per heavy atom. The lowest BCUT2D eigenvalue weighted by Crippen LogP contribution is -2.53. The molecule has 28 heavy (non-hydrogen) atoms. The van der Waals surface area contributed by atoms with Gasteiger partial charge in [-0.15, -0.1) is 0 Å². The number of hydrogen-bond acceptors (Lipinski definition) is 5. The zero-order valence-electron chi connectivity index (χ0n) is 15.0. The highest BCUT2D eigenvalue weighted by Crippen LogP contribution is 2.38. The first-order chi connectivity index (χ1) is 13.5. The molecule has 1 atom stereocenters. The molecule has 3 aliphatic heterocycles. The molecule has 9 heteroatoms. The van der Waals surface area contributed by atoms with Crippen LogP contribution in [0.25, 0.3) is 22.4 Å². The van der Waals surface area contributed by atoms with Crippen molar-refractivity contribution in [2.24, 2.45) is 5.92 Å². The SMILES string of the molecule is FC(F)(F)c1ccc(NC2CN3CCC2CC3)nc1-c1[nH]nc2ncccc12. The number of nitrogens with one attached hydrogen (secondary N) is 2. The molecule has 0 spiro atoms. The summed E-state index contributed by atoms with van der Waals surface area (Å²) in [4.78, 5) is 10.8. The number of pyridine rings is 2. The molecule has 3 fully saturated rings. The molecule has 3 aromatic rings. The molecule has 0 amide bonds. The number of hydrogen-bond donors (Lipinski definition) is 2. The van der Waals surface area contributed by atoms with Crippen LogP contribution in [0.2, 0.25) is 0 Å². The zero-order chi connectivity index (χ0) is 19.3. The second-order valence-electron chi connectivity index (χ2n) is 7.45. The molecule has 0 aliphatic carbocycles. The van der Waals surface area contributed by atoms with Gasteiger partial charge in [-0.2, -0.15) is 18.3 Å². The fourth-order valence-electron chi connectivity index (χ4n) is 4.31. The molecule has 6 nitrogen and oxygen atoms in total. The first kappa shape index (κ1) is 17.4. The van der Waals surface area contributed by atoms with Gasteiger partial charge in [0.15, 0.2) is 5.65 Å². The Morgan fingerprint density at radius 2 is 1.96 bits per heavy atom. The quantitative estimate of drug-likeness (QED) is 0.718. The molecule has 3 aromatic heterocycles.